The first-order chi connectivity index (χ1) is 10.9. The van der Waals surface area contributed by atoms with Crippen LogP contribution in [0.25, 0.3) is 0 Å². The number of hydrogen-bond donors (Lipinski definition) is 0. The number of carbonyl (C=O) groups excluding carboxylic acids is 1. The first-order valence-electron chi connectivity index (χ1n) is 6.37. The lowest BCUT2D eigenvalue weighted by atomic mass is 10.1. The van der Waals surface area contributed by atoms with Crippen molar-refractivity contribution in [3.63, 3.8) is 0 Å². The molecule has 0 bridgehead atoms. The van der Waals surface area contributed by atoms with Crippen LogP contribution in [0.1, 0.15) is 15.2 Å². The quantitative estimate of drug-likeness (QED) is 0.461. The van der Waals surface area contributed by atoms with Crippen LogP contribution in [-0.2, 0) is 0 Å². The molecule has 23 heavy (non-hydrogen) atoms. The van der Waals surface area contributed by atoms with Gasteiger partial charge in [0.1, 0.15) is 5.75 Å². The number of ketones is 1. The first kappa shape index (κ1) is 17.0. The molecule has 0 aliphatic heterocycles. The molecule has 0 radical (unpaired) electrons. The van der Waals surface area contributed by atoms with E-state index in [1.165, 1.54) is 35.6 Å². The molecule has 0 N–H and O–H groups in total. The molecule has 1 aromatic carbocycles. The number of alkyl halides is 4. The molecule has 7 heteroatoms. The lowest BCUT2D eigenvalue weighted by Gasteiger charge is -2.15. The number of ether oxygens (including phenoxy) is 1. The summed E-state index contributed by atoms with van der Waals surface area (Å²) in [5, 5.41) is 1.83. The standard InChI is InChI=1S/C16H10F4O2S/c17-15(18)16(19,20)10-22-12-5-3-11(4-6-12)14(21)8-7-13-2-1-9-23-13/h1-6,9,15H,10H2. The fraction of sp³-hybridized carbons (Fsp3) is 0.188. The molecular weight excluding hydrogens is 332 g/mol. The predicted molar refractivity (Wildman–Crippen MR) is 78.4 cm³/mol. The van der Waals surface area contributed by atoms with Gasteiger partial charge in [0, 0.05) is 5.56 Å². The van der Waals surface area contributed by atoms with Crippen LogP contribution in [0.15, 0.2) is 41.8 Å². The molecule has 0 atom stereocenters. The normalized spacial score (nSPS) is 11.0. The van der Waals surface area contributed by atoms with E-state index in [2.05, 4.69) is 16.6 Å². The van der Waals surface area contributed by atoms with Gasteiger partial charge >= 0.3 is 12.3 Å². The molecule has 1 heterocycles. The Morgan fingerprint density at radius 1 is 1.22 bits per heavy atom. The summed E-state index contributed by atoms with van der Waals surface area (Å²) in [5.41, 5.74) is 0.252. The minimum absolute atomic E-state index is 0.0342. The Kier molecular flexibility index (Phi) is 5.40. The van der Waals surface area contributed by atoms with Gasteiger partial charge in [-0.3, -0.25) is 4.79 Å². The highest BCUT2D eigenvalue weighted by molar-refractivity contribution is 7.10. The summed E-state index contributed by atoms with van der Waals surface area (Å²) in [5.74, 6) is 0.456. The van der Waals surface area contributed by atoms with Crippen LogP contribution < -0.4 is 4.74 Å². The Morgan fingerprint density at radius 3 is 2.48 bits per heavy atom. The number of thiophene rings is 1. The van der Waals surface area contributed by atoms with E-state index in [-0.39, 0.29) is 11.3 Å². The fourth-order valence-corrected chi connectivity index (χ4v) is 2.06. The Morgan fingerprint density at radius 2 is 1.91 bits per heavy atom. The highest BCUT2D eigenvalue weighted by Crippen LogP contribution is 2.24. The maximum absolute atomic E-state index is 12.7. The summed E-state index contributed by atoms with van der Waals surface area (Å²) in [4.78, 5) is 12.6. The monoisotopic (exact) mass is 342 g/mol. The Hall–Kier alpha value is -2.33. The molecule has 0 fully saturated rings. The van der Waals surface area contributed by atoms with Gasteiger partial charge in [0.15, 0.2) is 6.61 Å². The van der Waals surface area contributed by atoms with Crippen molar-refractivity contribution in [2.75, 3.05) is 6.61 Å². The van der Waals surface area contributed by atoms with E-state index in [4.69, 9.17) is 0 Å². The lowest BCUT2D eigenvalue weighted by molar-refractivity contribution is -0.148. The third-order valence-corrected chi connectivity index (χ3v) is 3.47. The topological polar surface area (TPSA) is 26.3 Å². The van der Waals surface area contributed by atoms with Crippen LogP contribution in [-0.4, -0.2) is 24.7 Å². The van der Waals surface area contributed by atoms with Gasteiger partial charge < -0.3 is 4.74 Å². The molecular formula is C16H10F4O2S. The molecule has 2 rings (SSSR count). The fourth-order valence-electron chi connectivity index (χ4n) is 1.49. The highest BCUT2D eigenvalue weighted by Gasteiger charge is 2.41. The highest BCUT2D eigenvalue weighted by atomic mass is 32.1. The Bertz CT molecular complexity index is 713. The molecule has 0 unspecified atom stereocenters. The van der Waals surface area contributed by atoms with Crippen molar-refractivity contribution >= 4 is 17.1 Å². The number of halogens is 4. The van der Waals surface area contributed by atoms with Crippen molar-refractivity contribution < 1.29 is 27.1 Å². The third kappa shape index (κ3) is 4.83. The molecule has 2 nitrogen and oxygen atoms in total. The van der Waals surface area contributed by atoms with Crippen LogP contribution >= 0.6 is 11.3 Å². The van der Waals surface area contributed by atoms with Crippen molar-refractivity contribution in [2.45, 2.75) is 12.3 Å². The number of Topliss-reactive ketones (excluding diaryl/α,β-unsaturated/α-hetero) is 1. The number of benzene rings is 1. The molecule has 120 valence electrons. The second-order valence-electron chi connectivity index (χ2n) is 4.43. The van der Waals surface area contributed by atoms with E-state index in [1.54, 1.807) is 12.1 Å². The van der Waals surface area contributed by atoms with Gasteiger partial charge in [-0.15, -0.1) is 11.3 Å². The van der Waals surface area contributed by atoms with Gasteiger partial charge in [-0.2, -0.15) is 8.78 Å². The van der Waals surface area contributed by atoms with E-state index in [0.717, 1.165) is 4.88 Å². The largest absolute Gasteiger partial charge is 0.487 e. The summed E-state index contributed by atoms with van der Waals surface area (Å²) in [7, 11) is 0. The van der Waals surface area contributed by atoms with Crippen LogP contribution in [0.5, 0.6) is 5.75 Å². The average Bonchev–Trinajstić information content (AvgIpc) is 3.04. The smallest absolute Gasteiger partial charge is 0.340 e. The van der Waals surface area contributed by atoms with Crippen molar-refractivity contribution in [1.82, 2.24) is 0 Å². The van der Waals surface area contributed by atoms with Gasteiger partial charge in [0.05, 0.1) is 4.88 Å². The minimum atomic E-state index is -4.22. The second-order valence-corrected chi connectivity index (χ2v) is 5.38. The zero-order chi connectivity index (χ0) is 16.9. The van der Waals surface area contributed by atoms with Gasteiger partial charge in [0.25, 0.3) is 0 Å². The Balaban J connectivity index is 1.98. The van der Waals surface area contributed by atoms with E-state index < -0.39 is 24.7 Å². The van der Waals surface area contributed by atoms with Crippen LogP contribution in [0.2, 0.25) is 0 Å². The SMILES string of the molecule is O=C(C#Cc1cccs1)c1ccc(OCC(F)(F)C(F)F)cc1. The van der Waals surface area contributed by atoms with Gasteiger partial charge in [-0.25, -0.2) is 8.78 Å². The van der Waals surface area contributed by atoms with Crippen LogP contribution in [0.4, 0.5) is 17.6 Å². The number of hydrogen-bond acceptors (Lipinski definition) is 3. The summed E-state index contributed by atoms with van der Waals surface area (Å²) in [6, 6.07) is 8.75. The van der Waals surface area contributed by atoms with Crippen molar-refractivity contribution in [3.05, 3.63) is 52.2 Å². The van der Waals surface area contributed by atoms with Gasteiger partial charge in [-0.1, -0.05) is 6.07 Å². The average molecular weight is 342 g/mol. The van der Waals surface area contributed by atoms with Crippen molar-refractivity contribution in [1.29, 1.82) is 0 Å². The molecule has 2 aromatic rings. The third-order valence-electron chi connectivity index (χ3n) is 2.69. The predicted octanol–water partition coefficient (Wildman–Crippen LogP) is 4.26. The molecule has 0 saturated heterocycles. The van der Waals surface area contributed by atoms with E-state index >= 15 is 0 Å². The van der Waals surface area contributed by atoms with Gasteiger partial charge in [-0.05, 0) is 47.6 Å². The molecule has 0 saturated carbocycles. The summed E-state index contributed by atoms with van der Waals surface area (Å²) >= 11 is 1.40. The Labute approximate surface area is 133 Å². The zero-order valence-corrected chi connectivity index (χ0v) is 12.4. The van der Waals surface area contributed by atoms with E-state index in [0.29, 0.717) is 0 Å². The molecule has 0 spiro atoms. The van der Waals surface area contributed by atoms with Crippen molar-refractivity contribution in [3.8, 4) is 17.6 Å². The van der Waals surface area contributed by atoms with E-state index in [1.807, 2.05) is 5.38 Å². The molecule has 0 aliphatic rings. The van der Waals surface area contributed by atoms with Crippen LogP contribution in [0.3, 0.4) is 0 Å². The number of rotatable bonds is 5. The lowest BCUT2D eigenvalue weighted by Crippen LogP contribution is -2.33. The summed E-state index contributed by atoms with van der Waals surface area (Å²) in [6.07, 6.45) is -3.80. The second kappa shape index (κ2) is 7.29. The molecule has 1 aromatic heterocycles. The van der Waals surface area contributed by atoms with E-state index in [9.17, 15) is 22.4 Å². The number of carbonyl (C=O) groups is 1. The van der Waals surface area contributed by atoms with Gasteiger partial charge in [0.2, 0.25) is 5.78 Å². The molecule has 0 amide bonds. The van der Waals surface area contributed by atoms with Crippen molar-refractivity contribution in [2.24, 2.45) is 0 Å². The van der Waals surface area contributed by atoms with Crippen LogP contribution in [0, 0.1) is 11.8 Å². The minimum Gasteiger partial charge on any atom is -0.487 e. The maximum atomic E-state index is 12.7. The summed E-state index contributed by atoms with van der Waals surface area (Å²) < 4.78 is 54.1. The zero-order valence-electron chi connectivity index (χ0n) is 11.6. The first-order valence-corrected chi connectivity index (χ1v) is 7.25. The summed E-state index contributed by atoms with van der Waals surface area (Å²) in [6.45, 7) is -1.43. The maximum Gasteiger partial charge on any atom is 0.340 e. The molecule has 0 aliphatic carbocycles.